The minimum absolute atomic E-state index is 0.344. The largest absolute Gasteiger partial charge is 0.748 e. The minimum Gasteiger partial charge on any atom is -0.748 e. The molecule has 0 saturated carbocycles. The first kappa shape index (κ1) is 10.5. The van der Waals surface area contributed by atoms with Crippen molar-refractivity contribution >= 4 is 10.1 Å². The Morgan fingerprint density at radius 2 is 2.29 bits per heavy atom. The lowest BCUT2D eigenvalue weighted by Gasteiger charge is -2.06. The number of nitrogens with zero attached hydrogens (tertiary/aromatic N) is 3. The average molecular weight is 216 g/mol. The maximum atomic E-state index is 12.4. The lowest BCUT2D eigenvalue weighted by atomic mass is 10.3. The zero-order chi connectivity index (χ0) is 10.8. The van der Waals surface area contributed by atoms with Gasteiger partial charge in [0.15, 0.2) is 5.69 Å². The Kier molecular flexibility index (Phi) is 2.73. The molecule has 0 saturated heterocycles. The molecular formula is C6H3FN3O3S-. The molecule has 0 spiro atoms. The van der Waals surface area contributed by atoms with E-state index >= 15 is 0 Å². The van der Waals surface area contributed by atoms with E-state index in [9.17, 15) is 17.4 Å². The Labute approximate surface area is 78.8 Å². The number of aromatic nitrogens is 2. The highest BCUT2D eigenvalue weighted by Crippen LogP contribution is 2.05. The van der Waals surface area contributed by atoms with Crippen LogP contribution >= 0.6 is 0 Å². The predicted octanol–water partition coefficient (Wildman–Crippen LogP) is -0.467. The molecule has 74 valence electrons. The maximum Gasteiger partial charge on any atom is 0.232 e. The molecule has 0 aromatic carbocycles. The van der Waals surface area contributed by atoms with Gasteiger partial charge in [-0.25, -0.2) is 13.4 Å². The molecule has 0 aliphatic carbocycles. The van der Waals surface area contributed by atoms with Crippen molar-refractivity contribution in [3.8, 4) is 6.07 Å². The Bertz CT molecular complexity index is 494. The topological polar surface area (TPSA) is 107 Å². The van der Waals surface area contributed by atoms with Crippen LogP contribution in [0.15, 0.2) is 6.20 Å². The summed E-state index contributed by atoms with van der Waals surface area (Å²) < 4.78 is 43.4. The molecule has 0 aliphatic rings. The lowest BCUT2D eigenvalue weighted by Crippen LogP contribution is -2.08. The number of hydrogen-bond acceptors (Lipinski definition) is 6. The van der Waals surface area contributed by atoms with Crippen molar-refractivity contribution in [2.75, 3.05) is 0 Å². The van der Waals surface area contributed by atoms with Crippen LogP contribution in [0.4, 0.5) is 4.39 Å². The highest BCUT2D eigenvalue weighted by atomic mass is 32.2. The smallest absolute Gasteiger partial charge is 0.232 e. The van der Waals surface area contributed by atoms with Gasteiger partial charge in [-0.05, 0) is 0 Å². The normalized spacial score (nSPS) is 10.9. The quantitative estimate of drug-likeness (QED) is 0.618. The standard InChI is InChI=1S/C6H4FN3O3S/c7-6-2-9-5(3-14(11,12)13)4(1-8)10-6/h2H,3H2,(H,11,12,13)/p-1. The van der Waals surface area contributed by atoms with E-state index in [1.165, 1.54) is 6.07 Å². The third-order valence-corrected chi connectivity index (χ3v) is 1.87. The van der Waals surface area contributed by atoms with E-state index in [-0.39, 0.29) is 5.69 Å². The van der Waals surface area contributed by atoms with Gasteiger partial charge in [-0.1, -0.05) is 0 Å². The second kappa shape index (κ2) is 3.65. The van der Waals surface area contributed by atoms with Crippen LogP contribution < -0.4 is 0 Å². The summed E-state index contributed by atoms with van der Waals surface area (Å²) >= 11 is 0. The van der Waals surface area contributed by atoms with Crippen LogP contribution in [0.2, 0.25) is 0 Å². The molecule has 8 heteroatoms. The minimum atomic E-state index is -4.55. The summed E-state index contributed by atoms with van der Waals surface area (Å²) in [6.07, 6.45) is 0.640. The molecule has 0 amide bonds. The number of halogens is 1. The van der Waals surface area contributed by atoms with Crippen LogP contribution in [-0.2, 0) is 15.9 Å². The van der Waals surface area contributed by atoms with Crippen molar-refractivity contribution in [1.29, 1.82) is 5.26 Å². The van der Waals surface area contributed by atoms with E-state index in [1.54, 1.807) is 0 Å². The van der Waals surface area contributed by atoms with Gasteiger partial charge in [0.2, 0.25) is 5.95 Å². The number of nitriles is 1. The highest BCUT2D eigenvalue weighted by molar-refractivity contribution is 7.84. The Morgan fingerprint density at radius 3 is 2.79 bits per heavy atom. The van der Waals surface area contributed by atoms with Crippen LogP contribution in [0.1, 0.15) is 11.4 Å². The molecule has 0 atom stereocenters. The third-order valence-electron chi connectivity index (χ3n) is 1.24. The molecule has 1 rings (SSSR count). The second-order valence-electron chi connectivity index (χ2n) is 2.30. The van der Waals surface area contributed by atoms with E-state index in [0.29, 0.717) is 6.20 Å². The summed E-state index contributed by atoms with van der Waals surface area (Å²) in [7, 11) is -4.55. The molecule has 0 unspecified atom stereocenters. The van der Waals surface area contributed by atoms with E-state index in [0.717, 1.165) is 0 Å². The summed E-state index contributed by atoms with van der Waals surface area (Å²) in [5, 5.41) is 8.42. The molecule has 0 aliphatic heterocycles. The van der Waals surface area contributed by atoms with E-state index in [2.05, 4.69) is 9.97 Å². The predicted molar refractivity (Wildman–Crippen MR) is 40.1 cm³/mol. The van der Waals surface area contributed by atoms with Crippen LogP contribution in [0.25, 0.3) is 0 Å². The third kappa shape index (κ3) is 2.72. The number of rotatable bonds is 2. The van der Waals surface area contributed by atoms with E-state index in [4.69, 9.17) is 5.26 Å². The van der Waals surface area contributed by atoms with E-state index < -0.39 is 27.5 Å². The summed E-state index contributed by atoms with van der Waals surface area (Å²) in [6, 6.07) is 1.44. The fourth-order valence-electron chi connectivity index (χ4n) is 0.755. The van der Waals surface area contributed by atoms with Gasteiger partial charge >= 0.3 is 0 Å². The average Bonchev–Trinajstić information content (AvgIpc) is 2.06. The SMILES string of the molecule is N#Cc1nc(F)cnc1CS(=O)(=O)[O-]. The first-order chi connectivity index (χ1) is 6.42. The van der Waals surface area contributed by atoms with Crippen molar-refractivity contribution < 1.29 is 17.4 Å². The molecule has 1 aromatic rings. The fraction of sp³-hybridized carbons (Fsp3) is 0.167. The van der Waals surface area contributed by atoms with Gasteiger partial charge in [0.25, 0.3) is 0 Å². The second-order valence-corrected chi connectivity index (χ2v) is 3.71. The van der Waals surface area contributed by atoms with Crippen molar-refractivity contribution in [2.45, 2.75) is 5.75 Å². The van der Waals surface area contributed by atoms with Crippen molar-refractivity contribution in [3.05, 3.63) is 23.5 Å². The zero-order valence-corrected chi connectivity index (χ0v) is 7.45. The molecule has 0 bridgehead atoms. The summed E-state index contributed by atoms with van der Waals surface area (Å²) in [4.78, 5) is 6.38. The van der Waals surface area contributed by atoms with Gasteiger partial charge in [0.1, 0.15) is 16.2 Å². The molecule has 1 aromatic heterocycles. The van der Waals surface area contributed by atoms with Crippen LogP contribution in [0, 0.1) is 17.3 Å². The lowest BCUT2D eigenvalue weighted by molar-refractivity contribution is 0.461. The van der Waals surface area contributed by atoms with Gasteiger partial charge in [-0.3, -0.25) is 4.98 Å². The van der Waals surface area contributed by atoms with Gasteiger partial charge < -0.3 is 4.55 Å². The fourth-order valence-corrected chi connectivity index (χ4v) is 1.30. The van der Waals surface area contributed by atoms with E-state index in [1.807, 2.05) is 0 Å². The van der Waals surface area contributed by atoms with Crippen molar-refractivity contribution in [1.82, 2.24) is 9.97 Å². The Morgan fingerprint density at radius 1 is 1.64 bits per heavy atom. The summed E-state index contributed by atoms with van der Waals surface area (Å²) in [5.74, 6) is -1.98. The Hall–Kier alpha value is -1.59. The van der Waals surface area contributed by atoms with Crippen LogP contribution in [-0.4, -0.2) is 22.9 Å². The first-order valence-corrected chi connectivity index (χ1v) is 4.85. The summed E-state index contributed by atoms with van der Waals surface area (Å²) in [6.45, 7) is 0. The molecular weight excluding hydrogens is 213 g/mol. The maximum absolute atomic E-state index is 12.4. The molecule has 0 fully saturated rings. The summed E-state index contributed by atoms with van der Waals surface area (Å²) in [5.41, 5.74) is -0.840. The zero-order valence-electron chi connectivity index (χ0n) is 6.64. The van der Waals surface area contributed by atoms with Crippen molar-refractivity contribution in [3.63, 3.8) is 0 Å². The van der Waals surface area contributed by atoms with Gasteiger partial charge in [0.05, 0.1) is 17.6 Å². The van der Waals surface area contributed by atoms with Crippen LogP contribution in [0.3, 0.4) is 0 Å². The molecule has 14 heavy (non-hydrogen) atoms. The monoisotopic (exact) mass is 216 g/mol. The van der Waals surface area contributed by atoms with Gasteiger partial charge in [0, 0.05) is 0 Å². The molecule has 6 nitrogen and oxygen atoms in total. The van der Waals surface area contributed by atoms with Gasteiger partial charge in [-0.2, -0.15) is 9.65 Å². The molecule has 0 N–H and O–H groups in total. The Balaban J connectivity index is 3.17. The van der Waals surface area contributed by atoms with Crippen molar-refractivity contribution in [2.24, 2.45) is 0 Å². The first-order valence-electron chi connectivity index (χ1n) is 3.27. The molecule has 0 radical (unpaired) electrons. The number of hydrogen-bond donors (Lipinski definition) is 0. The van der Waals surface area contributed by atoms with Gasteiger partial charge in [-0.15, -0.1) is 0 Å². The van der Waals surface area contributed by atoms with Crippen LogP contribution in [0.5, 0.6) is 0 Å². The highest BCUT2D eigenvalue weighted by Gasteiger charge is 2.09. The molecule has 1 heterocycles.